The number of rotatable bonds is 4. The summed E-state index contributed by atoms with van der Waals surface area (Å²) in [4.78, 5) is 2.88. The van der Waals surface area contributed by atoms with Gasteiger partial charge in [-0.25, -0.2) is 0 Å². The zero-order chi connectivity index (χ0) is 11.4. The van der Waals surface area contributed by atoms with E-state index in [9.17, 15) is 0 Å². The number of fused-ring (bicyclic) bond motifs is 1. The lowest BCUT2D eigenvalue weighted by atomic mass is 10.0. The lowest BCUT2D eigenvalue weighted by Crippen LogP contribution is -1.94. The number of nitrogens with zero attached hydrogens (tertiary/aromatic N) is 3. The van der Waals surface area contributed by atoms with Gasteiger partial charge in [0.25, 0.3) is 0 Å². The molecule has 5 nitrogen and oxygen atoms in total. The fraction of sp³-hybridized carbons (Fsp3) is 0.455. The summed E-state index contributed by atoms with van der Waals surface area (Å²) in [7, 11) is 0. The minimum atomic E-state index is -0.121. The van der Waals surface area contributed by atoms with E-state index in [1.54, 1.807) is 0 Å². The molecule has 1 atom stereocenters. The van der Waals surface area contributed by atoms with Crippen molar-refractivity contribution in [1.29, 1.82) is 0 Å². The van der Waals surface area contributed by atoms with Gasteiger partial charge < -0.3 is 9.47 Å². The van der Waals surface area contributed by atoms with Crippen LogP contribution < -0.4 is 9.47 Å². The molecule has 1 unspecified atom stereocenters. The van der Waals surface area contributed by atoms with E-state index >= 15 is 0 Å². The number of ether oxygens (including phenoxy) is 2. The summed E-state index contributed by atoms with van der Waals surface area (Å²) in [6.45, 7) is 2.33. The molecule has 1 aromatic carbocycles. The van der Waals surface area contributed by atoms with E-state index in [-0.39, 0.29) is 12.8 Å². The van der Waals surface area contributed by atoms with Gasteiger partial charge in [-0.1, -0.05) is 24.5 Å². The van der Waals surface area contributed by atoms with Crippen molar-refractivity contribution in [3.63, 3.8) is 0 Å². The maximum absolute atomic E-state index is 8.52. The van der Waals surface area contributed by atoms with Gasteiger partial charge in [-0.2, -0.15) is 0 Å². The van der Waals surface area contributed by atoms with Crippen molar-refractivity contribution in [2.45, 2.75) is 25.8 Å². The van der Waals surface area contributed by atoms with E-state index in [2.05, 4.69) is 16.9 Å². The number of hydrogen-bond donors (Lipinski definition) is 0. The van der Waals surface area contributed by atoms with E-state index < -0.39 is 0 Å². The molecule has 0 aromatic heterocycles. The molecule has 0 aliphatic carbocycles. The fourth-order valence-corrected chi connectivity index (χ4v) is 1.75. The normalized spacial score (nSPS) is 14.3. The zero-order valence-corrected chi connectivity index (χ0v) is 9.09. The van der Waals surface area contributed by atoms with Crippen LogP contribution in [0.4, 0.5) is 0 Å². The second-order valence-corrected chi connectivity index (χ2v) is 3.62. The lowest BCUT2D eigenvalue weighted by molar-refractivity contribution is 0.174. The van der Waals surface area contributed by atoms with E-state index in [1.807, 2.05) is 18.2 Å². The Balaban J connectivity index is 2.27. The largest absolute Gasteiger partial charge is 0.454 e. The molecule has 0 bridgehead atoms. The molecule has 0 amide bonds. The van der Waals surface area contributed by atoms with Crippen LogP contribution in [-0.4, -0.2) is 6.79 Å². The van der Waals surface area contributed by atoms with Gasteiger partial charge in [0.2, 0.25) is 6.79 Å². The van der Waals surface area contributed by atoms with Gasteiger partial charge in [0, 0.05) is 4.91 Å². The Hall–Kier alpha value is -1.87. The molecule has 0 saturated carbocycles. The summed E-state index contributed by atoms with van der Waals surface area (Å²) in [5, 5.41) is 3.79. The van der Waals surface area contributed by atoms with Gasteiger partial charge in [-0.05, 0) is 29.6 Å². The topological polar surface area (TPSA) is 67.2 Å². The summed E-state index contributed by atoms with van der Waals surface area (Å²) in [5.41, 5.74) is 9.50. The molecule has 1 aliphatic heterocycles. The van der Waals surface area contributed by atoms with Crippen molar-refractivity contribution < 1.29 is 9.47 Å². The molecule has 0 N–H and O–H groups in total. The minimum absolute atomic E-state index is 0.121. The third kappa shape index (κ3) is 2.04. The van der Waals surface area contributed by atoms with Crippen LogP contribution in [0.15, 0.2) is 23.3 Å². The Morgan fingerprint density at radius 1 is 1.44 bits per heavy atom. The Morgan fingerprint density at radius 2 is 2.25 bits per heavy atom. The molecule has 84 valence electrons. The van der Waals surface area contributed by atoms with Crippen LogP contribution in [0, 0.1) is 0 Å². The van der Waals surface area contributed by atoms with Gasteiger partial charge in [0.05, 0.1) is 6.04 Å². The summed E-state index contributed by atoms with van der Waals surface area (Å²) < 4.78 is 10.5. The average Bonchev–Trinajstić information content (AvgIpc) is 2.75. The van der Waals surface area contributed by atoms with Crippen molar-refractivity contribution in [2.24, 2.45) is 5.11 Å². The van der Waals surface area contributed by atoms with Crippen molar-refractivity contribution in [2.75, 3.05) is 6.79 Å². The molecule has 0 radical (unpaired) electrons. The monoisotopic (exact) mass is 219 g/mol. The summed E-state index contributed by atoms with van der Waals surface area (Å²) in [6.07, 6.45) is 1.81. The van der Waals surface area contributed by atoms with Crippen LogP contribution in [0.25, 0.3) is 10.4 Å². The predicted molar refractivity (Wildman–Crippen MR) is 59.4 cm³/mol. The van der Waals surface area contributed by atoms with Gasteiger partial charge in [0.1, 0.15) is 0 Å². The zero-order valence-electron chi connectivity index (χ0n) is 9.09. The highest BCUT2D eigenvalue weighted by Crippen LogP contribution is 2.36. The molecule has 0 saturated heterocycles. The summed E-state index contributed by atoms with van der Waals surface area (Å²) in [6, 6.07) is 5.54. The molecule has 2 rings (SSSR count). The molecule has 5 heteroatoms. The third-order valence-corrected chi connectivity index (χ3v) is 2.53. The molecule has 1 heterocycles. The lowest BCUT2D eigenvalue weighted by Gasteiger charge is -2.10. The summed E-state index contributed by atoms with van der Waals surface area (Å²) in [5.74, 6) is 1.48. The quantitative estimate of drug-likeness (QED) is 0.441. The van der Waals surface area contributed by atoms with Gasteiger partial charge >= 0.3 is 0 Å². The van der Waals surface area contributed by atoms with Gasteiger partial charge in [0.15, 0.2) is 11.5 Å². The SMILES string of the molecule is CCCC(N=[N+]=[N-])c1ccc2c(c1)OCO2. The first-order chi connectivity index (χ1) is 7.85. The van der Waals surface area contributed by atoms with Crippen molar-refractivity contribution in [3.05, 3.63) is 34.2 Å². The Labute approximate surface area is 93.6 Å². The van der Waals surface area contributed by atoms with Crippen molar-refractivity contribution in [3.8, 4) is 11.5 Å². The van der Waals surface area contributed by atoms with Gasteiger partial charge in [-0.3, -0.25) is 0 Å². The third-order valence-electron chi connectivity index (χ3n) is 2.53. The van der Waals surface area contributed by atoms with E-state index in [0.29, 0.717) is 0 Å². The van der Waals surface area contributed by atoms with Crippen LogP contribution >= 0.6 is 0 Å². The number of benzene rings is 1. The van der Waals surface area contributed by atoms with Crippen molar-refractivity contribution in [1.82, 2.24) is 0 Å². The molecule has 16 heavy (non-hydrogen) atoms. The average molecular weight is 219 g/mol. The van der Waals surface area contributed by atoms with Gasteiger partial charge in [-0.15, -0.1) is 0 Å². The molecule has 1 aliphatic rings. The van der Waals surface area contributed by atoms with E-state index in [4.69, 9.17) is 15.0 Å². The highest BCUT2D eigenvalue weighted by Gasteiger charge is 2.16. The molecule has 0 fully saturated rings. The first-order valence-electron chi connectivity index (χ1n) is 5.29. The second kappa shape index (κ2) is 4.77. The fourth-order valence-electron chi connectivity index (χ4n) is 1.75. The van der Waals surface area contributed by atoms with E-state index in [0.717, 1.165) is 29.9 Å². The number of hydrogen-bond acceptors (Lipinski definition) is 3. The van der Waals surface area contributed by atoms with Crippen LogP contribution in [0.5, 0.6) is 11.5 Å². The van der Waals surface area contributed by atoms with Crippen LogP contribution in [0.2, 0.25) is 0 Å². The second-order valence-electron chi connectivity index (χ2n) is 3.62. The molecular formula is C11H13N3O2. The van der Waals surface area contributed by atoms with Crippen LogP contribution in [0.3, 0.4) is 0 Å². The smallest absolute Gasteiger partial charge is 0.231 e. The van der Waals surface area contributed by atoms with Crippen LogP contribution in [-0.2, 0) is 0 Å². The standard InChI is InChI=1S/C11H13N3O2/c1-2-3-9(13-14-12)8-4-5-10-11(6-8)16-7-15-10/h4-6,9H,2-3,7H2,1H3. The molecule has 0 spiro atoms. The highest BCUT2D eigenvalue weighted by atomic mass is 16.7. The Morgan fingerprint density at radius 3 is 3.00 bits per heavy atom. The summed E-state index contributed by atoms with van der Waals surface area (Å²) >= 11 is 0. The molecular weight excluding hydrogens is 206 g/mol. The Kier molecular flexibility index (Phi) is 3.17. The van der Waals surface area contributed by atoms with Crippen molar-refractivity contribution >= 4 is 0 Å². The first-order valence-corrected chi connectivity index (χ1v) is 5.29. The predicted octanol–water partition coefficient (Wildman–Crippen LogP) is 3.57. The van der Waals surface area contributed by atoms with Crippen LogP contribution in [0.1, 0.15) is 31.4 Å². The number of azide groups is 1. The maximum atomic E-state index is 8.52. The Bertz CT molecular complexity index is 427. The minimum Gasteiger partial charge on any atom is -0.454 e. The first kappa shape index (κ1) is 10.6. The maximum Gasteiger partial charge on any atom is 0.231 e. The molecule has 1 aromatic rings. The van der Waals surface area contributed by atoms with E-state index in [1.165, 1.54) is 0 Å². The highest BCUT2D eigenvalue weighted by molar-refractivity contribution is 5.45.